The minimum atomic E-state index is -0.261. The maximum atomic E-state index is 13.3. The molecule has 2 aromatic heterocycles. The van der Waals surface area contributed by atoms with Crippen molar-refractivity contribution in [3.05, 3.63) is 30.0 Å². The third-order valence-corrected chi connectivity index (χ3v) is 3.65. The summed E-state index contributed by atoms with van der Waals surface area (Å²) in [4.78, 5) is 2.27. The number of hydrogen-bond acceptors (Lipinski definition) is 3. The van der Waals surface area contributed by atoms with Gasteiger partial charge in [-0.3, -0.25) is 9.30 Å². The van der Waals surface area contributed by atoms with Crippen molar-refractivity contribution in [2.24, 2.45) is 5.41 Å². The molecule has 1 aliphatic heterocycles. The number of rotatable bonds is 1. The fraction of sp³-hybridized carbons (Fsp3) is 0.538. The minimum Gasteiger partial charge on any atom is -0.296 e. The van der Waals surface area contributed by atoms with Crippen molar-refractivity contribution in [2.45, 2.75) is 26.3 Å². The lowest BCUT2D eigenvalue weighted by Gasteiger charge is -2.17. The molecule has 0 amide bonds. The molecule has 4 nitrogen and oxygen atoms in total. The van der Waals surface area contributed by atoms with Gasteiger partial charge in [-0.05, 0) is 31.0 Å². The zero-order chi connectivity index (χ0) is 12.9. The van der Waals surface area contributed by atoms with Gasteiger partial charge in [-0.25, -0.2) is 4.39 Å². The Labute approximate surface area is 105 Å². The number of hydrogen-bond donors (Lipinski definition) is 0. The van der Waals surface area contributed by atoms with E-state index >= 15 is 0 Å². The first kappa shape index (κ1) is 11.6. The molecule has 3 heterocycles. The molecule has 0 aromatic carbocycles. The molecule has 1 saturated heterocycles. The number of halogens is 1. The first-order chi connectivity index (χ1) is 8.46. The van der Waals surface area contributed by atoms with Gasteiger partial charge in [0.1, 0.15) is 5.82 Å². The van der Waals surface area contributed by atoms with E-state index in [4.69, 9.17) is 0 Å². The van der Waals surface area contributed by atoms with E-state index in [9.17, 15) is 4.39 Å². The average molecular weight is 248 g/mol. The molecule has 3 rings (SSSR count). The lowest BCUT2D eigenvalue weighted by molar-refractivity contribution is 0.291. The smallest absolute Gasteiger partial charge is 0.160 e. The van der Waals surface area contributed by atoms with Crippen LogP contribution in [0.15, 0.2) is 18.3 Å². The average Bonchev–Trinajstić information content (AvgIpc) is 2.78. The van der Waals surface area contributed by atoms with Gasteiger partial charge in [-0.2, -0.15) is 0 Å². The predicted octanol–water partition coefficient (Wildman–Crippen LogP) is 2.27. The van der Waals surface area contributed by atoms with Gasteiger partial charge < -0.3 is 0 Å². The van der Waals surface area contributed by atoms with E-state index < -0.39 is 0 Å². The van der Waals surface area contributed by atoms with Gasteiger partial charge in [-0.15, -0.1) is 10.2 Å². The van der Waals surface area contributed by atoms with Gasteiger partial charge in [0.15, 0.2) is 11.5 Å². The summed E-state index contributed by atoms with van der Waals surface area (Å²) in [6.45, 7) is 5.50. The summed E-state index contributed by atoms with van der Waals surface area (Å²) in [5, 5.41) is 8.35. The Morgan fingerprint density at radius 1 is 1.33 bits per heavy atom. The van der Waals surface area contributed by atoms with Crippen LogP contribution in [0.2, 0.25) is 0 Å². The summed E-state index contributed by atoms with van der Waals surface area (Å²) in [5.41, 5.74) is 0.961. The number of likely N-dealkylation sites (tertiary alicyclic amines) is 1. The van der Waals surface area contributed by atoms with Crippen LogP contribution in [0.4, 0.5) is 4.39 Å². The van der Waals surface area contributed by atoms with Gasteiger partial charge in [0, 0.05) is 12.7 Å². The lowest BCUT2D eigenvalue weighted by Crippen LogP contribution is -2.21. The zero-order valence-corrected chi connectivity index (χ0v) is 10.9. The summed E-state index contributed by atoms with van der Waals surface area (Å²) in [5.74, 6) is 0.570. The molecule has 0 bridgehead atoms. The number of pyridine rings is 1. The van der Waals surface area contributed by atoms with E-state index in [-0.39, 0.29) is 17.3 Å². The van der Waals surface area contributed by atoms with Gasteiger partial charge in [0.05, 0.1) is 6.04 Å². The highest BCUT2D eigenvalue weighted by molar-refractivity contribution is 5.38. The third-order valence-electron chi connectivity index (χ3n) is 3.65. The topological polar surface area (TPSA) is 33.4 Å². The van der Waals surface area contributed by atoms with E-state index in [0.717, 1.165) is 18.8 Å². The van der Waals surface area contributed by atoms with Crippen molar-refractivity contribution < 1.29 is 4.39 Å². The Morgan fingerprint density at radius 2 is 2.11 bits per heavy atom. The molecule has 1 atom stereocenters. The summed E-state index contributed by atoms with van der Waals surface area (Å²) in [6, 6.07) is 3.28. The molecule has 2 aromatic rings. The highest BCUT2D eigenvalue weighted by atomic mass is 19.1. The third kappa shape index (κ3) is 1.79. The second-order valence-corrected chi connectivity index (χ2v) is 5.93. The number of nitrogens with zero attached hydrogens (tertiary/aromatic N) is 4. The molecule has 0 spiro atoms. The summed E-state index contributed by atoms with van der Waals surface area (Å²) < 4.78 is 15.1. The quantitative estimate of drug-likeness (QED) is 0.776. The van der Waals surface area contributed by atoms with Crippen LogP contribution in [0.1, 0.15) is 32.1 Å². The monoisotopic (exact) mass is 248 g/mol. The molecular formula is C13H17FN4. The van der Waals surface area contributed by atoms with Crippen LogP contribution < -0.4 is 0 Å². The van der Waals surface area contributed by atoms with E-state index in [2.05, 4.69) is 36.0 Å². The van der Waals surface area contributed by atoms with Crippen molar-refractivity contribution in [1.82, 2.24) is 19.5 Å². The Morgan fingerprint density at radius 3 is 2.78 bits per heavy atom. The number of aromatic nitrogens is 3. The Bertz CT molecular complexity index is 590. The Hall–Kier alpha value is -1.49. The van der Waals surface area contributed by atoms with Crippen LogP contribution in [0.5, 0.6) is 0 Å². The maximum Gasteiger partial charge on any atom is 0.160 e. The Balaban J connectivity index is 2.07. The fourth-order valence-corrected chi connectivity index (χ4v) is 2.93. The molecule has 0 saturated carbocycles. The molecule has 1 fully saturated rings. The van der Waals surface area contributed by atoms with Crippen molar-refractivity contribution in [3.63, 3.8) is 0 Å². The Kier molecular flexibility index (Phi) is 2.41. The normalized spacial score (nSPS) is 23.9. The van der Waals surface area contributed by atoms with Gasteiger partial charge in [0.2, 0.25) is 0 Å². The second-order valence-electron chi connectivity index (χ2n) is 5.93. The summed E-state index contributed by atoms with van der Waals surface area (Å²) in [7, 11) is 2.08. The van der Waals surface area contributed by atoms with E-state index in [1.165, 1.54) is 12.3 Å². The van der Waals surface area contributed by atoms with E-state index in [1.807, 2.05) is 0 Å². The molecule has 0 unspecified atom stereocenters. The molecule has 96 valence electrons. The highest BCUT2D eigenvalue weighted by Crippen LogP contribution is 2.40. The molecule has 0 radical (unpaired) electrons. The molecule has 0 N–H and O–H groups in total. The number of fused-ring (bicyclic) bond motifs is 1. The van der Waals surface area contributed by atoms with Crippen molar-refractivity contribution in [3.8, 4) is 0 Å². The van der Waals surface area contributed by atoms with Crippen molar-refractivity contribution in [1.29, 1.82) is 0 Å². The fourth-order valence-electron chi connectivity index (χ4n) is 2.93. The standard InChI is InChI=1S/C13H17FN4/c1-13(2)6-10(17(3)8-13)12-16-15-11-5-4-9(14)7-18(11)12/h4-5,7,10H,6,8H2,1-3H3/t10-/m0/s1. The molecule has 0 aliphatic carbocycles. The molecular weight excluding hydrogens is 231 g/mol. The van der Waals surface area contributed by atoms with Gasteiger partial charge in [-0.1, -0.05) is 13.8 Å². The molecule has 1 aliphatic rings. The minimum absolute atomic E-state index is 0.205. The SMILES string of the molecule is CN1CC(C)(C)C[C@H]1c1nnc2ccc(F)cn12. The van der Waals surface area contributed by atoms with Crippen LogP contribution in [-0.4, -0.2) is 33.1 Å². The van der Waals surface area contributed by atoms with Gasteiger partial charge >= 0.3 is 0 Å². The maximum absolute atomic E-state index is 13.3. The van der Waals surface area contributed by atoms with Crippen LogP contribution >= 0.6 is 0 Å². The van der Waals surface area contributed by atoms with Crippen LogP contribution in [0, 0.1) is 11.2 Å². The molecule has 5 heteroatoms. The zero-order valence-electron chi connectivity index (χ0n) is 10.9. The van der Waals surface area contributed by atoms with E-state index in [0.29, 0.717) is 5.65 Å². The predicted molar refractivity (Wildman–Crippen MR) is 66.7 cm³/mol. The first-order valence-electron chi connectivity index (χ1n) is 6.17. The summed E-state index contributed by atoms with van der Waals surface area (Å²) >= 11 is 0. The van der Waals surface area contributed by atoms with Crippen LogP contribution in [0.3, 0.4) is 0 Å². The van der Waals surface area contributed by atoms with Crippen molar-refractivity contribution in [2.75, 3.05) is 13.6 Å². The highest BCUT2D eigenvalue weighted by Gasteiger charge is 2.38. The van der Waals surface area contributed by atoms with Crippen molar-refractivity contribution >= 4 is 5.65 Å². The second kappa shape index (κ2) is 3.75. The van der Waals surface area contributed by atoms with Crippen LogP contribution in [-0.2, 0) is 0 Å². The summed E-state index contributed by atoms with van der Waals surface area (Å²) in [6.07, 6.45) is 2.48. The first-order valence-corrected chi connectivity index (χ1v) is 6.17. The van der Waals surface area contributed by atoms with Crippen LogP contribution in [0.25, 0.3) is 5.65 Å². The largest absolute Gasteiger partial charge is 0.296 e. The van der Waals surface area contributed by atoms with Gasteiger partial charge in [0.25, 0.3) is 0 Å². The lowest BCUT2D eigenvalue weighted by atomic mass is 9.90. The van der Waals surface area contributed by atoms with E-state index in [1.54, 1.807) is 10.5 Å². The molecule has 18 heavy (non-hydrogen) atoms.